The fourth-order valence-corrected chi connectivity index (χ4v) is 3.02. The molecule has 0 radical (unpaired) electrons. The smallest absolute Gasteiger partial charge is 0.320 e. The van der Waals surface area contributed by atoms with Gasteiger partial charge in [-0.1, -0.05) is 42.5 Å². The van der Waals surface area contributed by atoms with Gasteiger partial charge >= 0.3 is 6.01 Å². The van der Waals surface area contributed by atoms with Crippen molar-refractivity contribution in [2.75, 3.05) is 19.0 Å². The van der Waals surface area contributed by atoms with E-state index in [0.29, 0.717) is 36.1 Å². The number of nitrogens with zero attached hydrogens (tertiary/aromatic N) is 3. The number of nitrogens with one attached hydrogen (secondary N) is 2. The van der Waals surface area contributed by atoms with Crippen LogP contribution < -0.4 is 14.8 Å². The minimum atomic E-state index is 0.340. The summed E-state index contributed by atoms with van der Waals surface area (Å²) < 4.78 is 11.0. The van der Waals surface area contributed by atoms with Gasteiger partial charge in [0.25, 0.3) is 0 Å². The number of imidazole rings is 1. The molecular weight excluding hydrogens is 366 g/mol. The predicted octanol–water partition coefficient (Wildman–Crippen LogP) is 3.99. The minimum absolute atomic E-state index is 0.340. The number of hydrogen-bond donors (Lipinski definition) is 2. The van der Waals surface area contributed by atoms with Gasteiger partial charge in [0.2, 0.25) is 0 Å². The van der Waals surface area contributed by atoms with Crippen LogP contribution in [0.4, 0.5) is 5.82 Å². The van der Waals surface area contributed by atoms with E-state index in [1.54, 1.807) is 13.4 Å². The number of aromatic nitrogens is 4. The van der Waals surface area contributed by atoms with E-state index in [4.69, 9.17) is 9.47 Å². The van der Waals surface area contributed by atoms with Gasteiger partial charge in [-0.25, -0.2) is 4.98 Å². The summed E-state index contributed by atoms with van der Waals surface area (Å²) in [5.41, 5.74) is 3.74. The van der Waals surface area contributed by atoms with Gasteiger partial charge in [0.05, 0.1) is 20.0 Å². The number of hydrogen-bond acceptors (Lipinski definition) is 6. The van der Waals surface area contributed by atoms with Crippen molar-refractivity contribution in [3.05, 3.63) is 72.1 Å². The molecule has 0 aliphatic rings. The molecule has 0 saturated heterocycles. The lowest BCUT2D eigenvalue weighted by atomic mass is 10.1. The normalized spacial score (nSPS) is 10.8. The average Bonchev–Trinajstić information content (AvgIpc) is 3.25. The lowest BCUT2D eigenvalue weighted by molar-refractivity contribution is 0.288. The fraction of sp³-hybridized carbons (Fsp3) is 0.227. The summed E-state index contributed by atoms with van der Waals surface area (Å²) >= 11 is 0. The van der Waals surface area contributed by atoms with Gasteiger partial charge in [-0.15, -0.1) is 0 Å². The molecule has 7 heteroatoms. The monoisotopic (exact) mass is 389 g/mol. The maximum absolute atomic E-state index is 5.80. The van der Waals surface area contributed by atoms with Crippen molar-refractivity contribution in [1.29, 1.82) is 0 Å². The Morgan fingerprint density at radius 1 is 0.966 bits per heavy atom. The maximum Gasteiger partial charge on any atom is 0.320 e. The standard InChI is InChI=1S/C22H23N5O2/c1-28-18-11-9-17(10-12-18)14-23-20-19-21(25-15-24-19)27-22(26-20)29-13-5-8-16-6-3-2-4-7-16/h2-4,6-7,9-12,15H,5,8,13-14H2,1H3,(H2,23,24,25,26,27). The second-order valence-corrected chi connectivity index (χ2v) is 6.59. The van der Waals surface area contributed by atoms with Crippen LogP contribution in [0.1, 0.15) is 17.5 Å². The first kappa shape index (κ1) is 18.7. The molecule has 4 rings (SSSR count). The molecule has 2 aromatic carbocycles. The summed E-state index contributed by atoms with van der Waals surface area (Å²) in [5.74, 6) is 1.47. The number of fused-ring (bicyclic) bond motifs is 1. The van der Waals surface area contributed by atoms with Crippen LogP contribution >= 0.6 is 0 Å². The zero-order valence-corrected chi connectivity index (χ0v) is 16.3. The van der Waals surface area contributed by atoms with Gasteiger partial charge in [-0.3, -0.25) is 0 Å². The van der Waals surface area contributed by atoms with Crippen molar-refractivity contribution in [3.8, 4) is 11.8 Å². The van der Waals surface area contributed by atoms with Gasteiger partial charge in [0, 0.05) is 6.54 Å². The highest BCUT2D eigenvalue weighted by Crippen LogP contribution is 2.21. The third kappa shape index (κ3) is 4.82. The number of benzene rings is 2. The fourth-order valence-electron chi connectivity index (χ4n) is 3.02. The third-order valence-electron chi connectivity index (χ3n) is 4.56. The summed E-state index contributed by atoms with van der Waals surface area (Å²) in [7, 11) is 1.66. The van der Waals surface area contributed by atoms with E-state index < -0.39 is 0 Å². The summed E-state index contributed by atoms with van der Waals surface area (Å²) in [5, 5.41) is 3.33. The molecule has 0 atom stereocenters. The van der Waals surface area contributed by atoms with E-state index in [9.17, 15) is 0 Å². The highest BCUT2D eigenvalue weighted by molar-refractivity contribution is 5.82. The Labute approximate surface area is 169 Å². The lowest BCUT2D eigenvalue weighted by Crippen LogP contribution is -2.07. The topological polar surface area (TPSA) is 85.0 Å². The maximum atomic E-state index is 5.80. The van der Waals surface area contributed by atoms with Crippen LogP contribution in [-0.4, -0.2) is 33.7 Å². The molecular formula is C22H23N5O2. The summed E-state index contributed by atoms with van der Waals surface area (Å²) in [4.78, 5) is 16.3. The number of H-pyrrole nitrogens is 1. The summed E-state index contributed by atoms with van der Waals surface area (Å²) in [6.07, 6.45) is 3.45. The Morgan fingerprint density at radius 2 is 1.79 bits per heavy atom. The van der Waals surface area contributed by atoms with E-state index in [1.807, 2.05) is 42.5 Å². The van der Waals surface area contributed by atoms with E-state index >= 15 is 0 Å². The van der Waals surface area contributed by atoms with Gasteiger partial charge in [0.15, 0.2) is 11.5 Å². The van der Waals surface area contributed by atoms with Crippen LogP contribution in [0, 0.1) is 0 Å². The number of aryl methyl sites for hydroxylation is 1. The Kier molecular flexibility index (Phi) is 5.85. The Morgan fingerprint density at radius 3 is 2.59 bits per heavy atom. The van der Waals surface area contributed by atoms with Crippen molar-refractivity contribution in [3.63, 3.8) is 0 Å². The summed E-state index contributed by atoms with van der Waals surface area (Å²) in [6, 6.07) is 18.6. The number of ether oxygens (including phenoxy) is 2. The highest BCUT2D eigenvalue weighted by Gasteiger charge is 2.11. The third-order valence-corrected chi connectivity index (χ3v) is 4.56. The molecule has 0 spiro atoms. The molecule has 2 heterocycles. The van der Waals surface area contributed by atoms with Crippen LogP contribution in [0.15, 0.2) is 60.9 Å². The Hall–Kier alpha value is -3.61. The van der Waals surface area contributed by atoms with Crippen molar-refractivity contribution >= 4 is 17.0 Å². The molecule has 29 heavy (non-hydrogen) atoms. The van der Waals surface area contributed by atoms with E-state index in [2.05, 4.69) is 37.4 Å². The average molecular weight is 389 g/mol. The van der Waals surface area contributed by atoms with Crippen LogP contribution in [0.5, 0.6) is 11.8 Å². The molecule has 0 fully saturated rings. The van der Waals surface area contributed by atoms with Gasteiger partial charge in [-0.05, 0) is 36.1 Å². The van der Waals surface area contributed by atoms with Crippen molar-refractivity contribution in [2.45, 2.75) is 19.4 Å². The van der Waals surface area contributed by atoms with Gasteiger partial charge in [-0.2, -0.15) is 9.97 Å². The second kappa shape index (κ2) is 9.05. The SMILES string of the molecule is COc1ccc(CNc2nc(OCCCc3ccccc3)nc3[nH]cnc23)cc1. The predicted molar refractivity (Wildman–Crippen MR) is 112 cm³/mol. The first-order valence-corrected chi connectivity index (χ1v) is 9.56. The van der Waals surface area contributed by atoms with Gasteiger partial charge < -0.3 is 19.8 Å². The molecule has 0 saturated carbocycles. The molecule has 4 aromatic rings. The molecule has 2 N–H and O–H groups in total. The molecule has 148 valence electrons. The van der Waals surface area contributed by atoms with E-state index in [0.717, 1.165) is 24.2 Å². The largest absolute Gasteiger partial charge is 0.497 e. The van der Waals surface area contributed by atoms with Crippen LogP contribution in [0.25, 0.3) is 11.2 Å². The quantitative estimate of drug-likeness (QED) is 0.421. The highest BCUT2D eigenvalue weighted by atomic mass is 16.5. The zero-order chi connectivity index (χ0) is 19.9. The van der Waals surface area contributed by atoms with E-state index in [1.165, 1.54) is 5.56 Å². The molecule has 0 aliphatic heterocycles. The van der Waals surface area contributed by atoms with Crippen LogP contribution in [0.3, 0.4) is 0 Å². The number of methoxy groups -OCH3 is 1. The number of aromatic amines is 1. The molecule has 2 aromatic heterocycles. The van der Waals surface area contributed by atoms with E-state index in [-0.39, 0.29) is 0 Å². The molecule has 7 nitrogen and oxygen atoms in total. The van der Waals surface area contributed by atoms with Crippen LogP contribution in [0.2, 0.25) is 0 Å². The Balaban J connectivity index is 1.39. The van der Waals surface area contributed by atoms with Crippen molar-refractivity contribution in [1.82, 2.24) is 19.9 Å². The molecule has 0 amide bonds. The van der Waals surface area contributed by atoms with Crippen molar-refractivity contribution in [2.24, 2.45) is 0 Å². The Bertz CT molecular complexity index is 1050. The number of rotatable bonds is 9. The zero-order valence-electron chi connectivity index (χ0n) is 16.3. The summed E-state index contributed by atoms with van der Waals surface area (Å²) in [6.45, 7) is 1.16. The van der Waals surface area contributed by atoms with Crippen molar-refractivity contribution < 1.29 is 9.47 Å². The first-order valence-electron chi connectivity index (χ1n) is 9.56. The second-order valence-electron chi connectivity index (χ2n) is 6.59. The lowest BCUT2D eigenvalue weighted by Gasteiger charge is -2.09. The number of anilines is 1. The minimum Gasteiger partial charge on any atom is -0.497 e. The molecule has 0 unspecified atom stereocenters. The van der Waals surface area contributed by atoms with Crippen LogP contribution in [-0.2, 0) is 13.0 Å². The molecule has 0 bridgehead atoms. The first-order chi connectivity index (χ1) is 14.3. The molecule has 0 aliphatic carbocycles. The van der Waals surface area contributed by atoms with Gasteiger partial charge in [0.1, 0.15) is 11.3 Å².